The molecule has 5 nitrogen and oxygen atoms in total. The molecule has 30 heavy (non-hydrogen) atoms. The number of halogens is 1. The maximum atomic E-state index is 13.6. The summed E-state index contributed by atoms with van der Waals surface area (Å²) >= 11 is 0. The van der Waals surface area contributed by atoms with Gasteiger partial charge in [0.2, 0.25) is 0 Å². The first kappa shape index (κ1) is 20.7. The van der Waals surface area contributed by atoms with E-state index in [4.69, 9.17) is 0 Å². The predicted molar refractivity (Wildman–Crippen MR) is 116 cm³/mol. The molecular formula is C24H29FN4O. The van der Waals surface area contributed by atoms with E-state index >= 15 is 0 Å². The second kappa shape index (κ2) is 9.98. The smallest absolute Gasteiger partial charge is 0.123 e. The average molecular weight is 409 g/mol. The van der Waals surface area contributed by atoms with E-state index in [0.29, 0.717) is 6.04 Å². The van der Waals surface area contributed by atoms with Gasteiger partial charge in [0.05, 0.1) is 11.9 Å². The third-order valence-corrected chi connectivity index (χ3v) is 5.91. The van der Waals surface area contributed by atoms with E-state index in [1.165, 1.54) is 17.7 Å². The Morgan fingerprint density at radius 2 is 1.97 bits per heavy atom. The molecule has 1 fully saturated rings. The van der Waals surface area contributed by atoms with Crippen LogP contribution in [-0.2, 0) is 13.0 Å². The minimum atomic E-state index is -0.247. The van der Waals surface area contributed by atoms with Gasteiger partial charge in [-0.2, -0.15) is 5.10 Å². The highest BCUT2D eigenvalue weighted by Gasteiger charge is 2.27. The first-order chi connectivity index (χ1) is 14.7. The van der Waals surface area contributed by atoms with E-state index in [1.807, 2.05) is 18.3 Å². The van der Waals surface area contributed by atoms with Crippen LogP contribution in [-0.4, -0.2) is 63.9 Å². The van der Waals surface area contributed by atoms with Gasteiger partial charge in [-0.15, -0.1) is 0 Å². The topological polar surface area (TPSA) is 55.4 Å². The number of rotatable bonds is 8. The number of aromatic amines is 1. The van der Waals surface area contributed by atoms with Gasteiger partial charge in [-0.25, -0.2) is 4.39 Å². The molecule has 2 heterocycles. The molecule has 1 atom stereocenters. The molecule has 0 saturated carbocycles. The lowest BCUT2D eigenvalue weighted by molar-refractivity contribution is 0.0563. The fourth-order valence-electron chi connectivity index (χ4n) is 4.30. The van der Waals surface area contributed by atoms with E-state index in [1.54, 1.807) is 6.07 Å². The molecular weight excluding hydrogens is 379 g/mol. The first-order valence-electron chi connectivity index (χ1n) is 10.6. The Kier molecular flexibility index (Phi) is 6.89. The SMILES string of the molecule is OCC[C@H]1CN(Cc2cn[nH]c2-c2cccc(F)c2)CCN1CCc1ccccc1. The van der Waals surface area contributed by atoms with Crippen LogP contribution in [0.5, 0.6) is 0 Å². The molecule has 1 aliphatic rings. The summed E-state index contributed by atoms with van der Waals surface area (Å²) in [7, 11) is 0. The summed E-state index contributed by atoms with van der Waals surface area (Å²) in [6.45, 7) is 4.80. The molecule has 0 unspecified atom stereocenters. The van der Waals surface area contributed by atoms with Crippen molar-refractivity contribution in [1.29, 1.82) is 0 Å². The summed E-state index contributed by atoms with van der Waals surface area (Å²) in [5.74, 6) is -0.247. The van der Waals surface area contributed by atoms with Crippen molar-refractivity contribution >= 4 is 0 Å². The van der Waals surface area contributed by atoms with Crippen LogP contribution in [0.25, 0.3) is 11.3 Å². The van der Waals surface area contributed by atoms with Crippen LogP contribution in [0, 0.1) is 5.82 Å². The van der Waals surface area contributed by atoms with Gasteiger partial charge in [-0.1, -0.05) is 42.5 Å². The number of aliphatic hydroxyl groups is 1. The number of piperazine rings is 1. The Labute approximate surface area is 177 Å². The van der Waals surface area contributed by atoms with Gasteiger partial charge in [0.15, 0.2) is 0 Å². The number of nitrogens with one attached hydrogen (secondary N) is 1. The highest BCUT2D eigenvalue weighted by atomic mass is 19.1. The van der Waals surface area contributed by atoms with Gasteiger partial charge < -0.3 is 5.11 Å². The Hall–Kier alpha value is -2.54. The average Bonchev–Trinajstić information content (AvgIpc) is 3.22. The number of hydrogen-bond donors (Lipinski definition) is 2. The standard InChI is InChI=1S/C24H29FN4O/c25-22-8-4-7-20(15-22)24-21(16-26-27-24)17-28-12-13-29(23(18-28)10-14-30)11-9-19-5-2-1-3-6-19/h1-8,15-16,23,30H,9-14,17-18H2,(H,26,27)/t23-/m0/s1. The van der Waals surface area contributed by atoms with Crippen molar-refractivity contribution in [2.45, 2.75) is 25.4 Å². The van der Waals surface area contributed by atoms with E-state index in [0.717, 1.165) is 62.4 Å². The second-order valence-corrected chi connectivity index (χ2v) is 7.95. The molecule has 1 saturated heterocycles. The van der Waals surface area contributed by atoms with Crippen molar-refractivity contribution < 1.29 is 9.50 Å². The molecule has 2 N–H and O–H groups in total. The zero-order valence-corrected chi connectivity index (χ0v) is 17.2. The van der Waals surface area contributed by atoms with Gasteiger partial charge in [0, 0.05) is 56.5 Å². The second-order valence-electron chi connectivity index (χ2n) is 7.95. The molecule has 4 rings (SSSR count). The van der Waals surface area contributed by atoms with Crippen molar-refractivity contribution in [1.82, 2.24) is 20.0 Å². The maximum absolute atomic E-state index is 13.6. The number of benzene rings is 2. The molecule has 1 aromatic heterocycles. The van der Waals surface area contributed by atoms with Crippen molar-refractivity contribution in [3.63, 3.8) is 0 Å². The quantitative estimate of drug-likeness (QED) is 0.600. The zero-order valence-electron chi connectivity index (χ0n) is 17.2. The fourth-order valence-corrected chi connectivity index (χ4v) is 4.30. The first-order valence-corrected chi connectivity index (χ1v) is 10.6. The Balaban J connectivity index is 1.39. The lowest BCUT2D eigenvalue weighted by Gasteiger charge is -2.41. The number of aromatic nitrogens is 2. The zero-order chi connectivity index (χ0) is 20.8. The monoisotopic (exact) mass is 408 g/mol. The van der Waals surface area contributed by atoms with Crippen LogP contribution < -0.4 is 0 Å². The van der Waals surface area contributed by atoms with Crippen LogP contribution in [0.4, 0.5) is 4.39 Å². The van der Waals surface area contributed by atoms with Gasteiger partial charge in [-0.05, 0) is 30.5 Å². The summed E-state index contributed by atoms with van der Waals surface area (Å²) in [4.78, 5) is 4.91. The Morgan fingerprint density at radius 3 is 2.77 bits per heavy atom. The number of hydrogen-bond acceptors (Lipinski definition) is 4. The number of aliphatic hydroxyl groups excluding tert-OH is 1. The largest absolute Gasteiger partial charge is 0.396 e. The van der Waals surface area contributed by atoms with Crippen LogP contribution in [0.2, 0.25) is 0 Å². The highest BCUT2D eigenvalue weighted by Crippen LogP contribution is 2.24. The van der Waals surface area contributed by atoms with E-state index in [2.05, 4.69) is 44.3 Å². The Morgan fingerprint density at radius 1 is 1.10 bits per heavy atom. The van der Waals surface area contributed by atoms with Crippen LogP contribution >= 0.6 is 0 Å². The third-order valence-electron chi connectivity index (χ3n) is 5.91. The molecule has 158 valence electrons. The molecule has 0 amide bonds. The summed E-state index contributed by atoms with van der Waals surface area (Å²) < 4.78 is 13.6. The van der Waals surface area contributed by atoms with E-state index in [9.17, 15) is 9.50 Å². The van der Waals surface area contributed by atoms with Gasteiger partial charge in [-0.3, -0.25) is 14.9 Å². The van der Waals surface area contributed by atoms with Crippen molar-refractivity contribution in [2.24, 2.45) is 0 Å². The molecule has 2 aromatic carbocycles. The van der Waals surface area contributed by atoms with Gasteiger partial charge in [0.25, 0.3) is 0 Å². The summed E-state index contributed by atoms with van der Waals surface area (Å²) in [6, 6.07) is 17.5. The lowest BCUT2D eigenvalue weighted by Crippen LogP contribution is -2.53. The molecule has 6 heteroatoms. The van der Waals surface area contributed by atoms with E-state index in [-0.39, 0.29) is 12.4 Å². The van der Waals surface area contributed by atoms with Crippen molar-refractivity contribution in [2.75, 3.05) is 32.8 Å². The molecule has 1 aliphatic heterocycles. The minimum Gasteiger partial charge on any atom is -0.396 e. The summed E-state index contributed by atoms with van der Waals surface area (Å²) in [5.41, 5.74) is 4.11. The highest BCUT2D eigenvalue weighted by molar-refractivity contribution is 5.62. The minimum absolute atomic E-state index is 0.195. The maximum Gasteiger partial charge on any atom is 0.123 e. The fraction of sp³-hybridized carbons (Fsp3) is 0.375. The third kappa shape index (κ3) is 5.14. The van der Waals surface area contributed by atoms with Crippen molar-refractivity contribution in [3.8, 4) is 11.3 Å². The predicted octanol–water partition coefficient (Wildman–Crippen LogP) is 3.33. The molecule has 0 spiro atoms. The van der Waals surface area contributed by atoms with Gasteiger partial charge in [0.1, 0.15) is 5.82 Å². The Bertz CT molecular complexity index is 930. The summed E-state index contributed by atoms with van der Waals surface area (Å²) in [6.07, 6.45) is 3.63. The molecule has 0 radical (unpaired) electrons. The van der Waals surface area contributed by atoms with E-state index < -0.39 is 0 Å². The van der Waals surface area contributed by atoms with Crippen LogP contribution in [0.1, 0.15) is 17.5 Å². The molecule has 0 bridgehead atoms. The number of H-pyrrole nitrogens is 1. The van der Waals surface area contributed by atoms with Gasteiger partial charge >= 0.3 is 0 Å². The number of nitrogens with zero attached hydrogens (tertiary/aromatic N) is 3. The molecule has 3 aromatic rings. The van der Waals surface area contributed by atoms with Crippen LogP contribution in [0.15, 0.2) is 60.8 Å². The summed E-state index contributed by atoms with van der Waals surface area (Å²) in [5, 5.41) is 16.8. The lowest BCUT2D eigenvalue weighted by atomic mass is 10.0. The van der Waals surface area contributed by atoms with Crippen molar-refractivity contribution in [3.05, 3.63) is 77.7 Å². The normalized spacial score (nSPS) is 18.0. The molecule has 0 aliphatic carbocycles. The van der Waals surface area contributed by atoms with Crippen LogP contribution in [0.3, 0.4) is 0 Å².